The van der Waals surface area contributed by atoms with E-state index < -0.39 is 0 Å². The monoisotopic (exact) mass is 207 g/mol. The zero-order chi connectivity index (χ0) is 10.7. The number of amides is 1. The van der Waals surface area contributed by atoms with Gasteiger partial charge < -0.3 is 4.90 Å². The molecule has 1 fully saturated rings. The number of halogens is 1. The molecule has 3 heteroatoms. The Bertz CT molecular complexity index is 336. The third kappa shape index (κ3) is 2.17. The minimum absolute atomic E-state index is 0.136. The fourth-order valence-corrected chi connectivity index (χ4v) is 2.12. The van der Waals surface area contributed by atoms with E-state index in [2.05, 4.69) is 0 Å². The van der Waals surface area contributed by atoms with Crippen molar-refractivity contribution >= 4 is 6.41 Å². The van der Waals surface area contributed by atoms with Crippen LogP contribution in [0.2, 0.25) is 0 Å². The van der Waals surface area contributed by atoms with E-state index in [0.29, 0.717) is 0 Å². The highest BCUT2D eigenvalue weighted by molar-refractivity contribution is 5.49. The lowest BCUT2D eigenvalue weighted by molar-refractivity contribution is -0.121. The lowest BCUT2D eigenvalue weighted by Gasteiger charge is -2.32. The summed E-state index contributed by atoms with van der Waals surface area (Å²) in [6.07, 6.45) is 4.07. The molecule has 1 amide bonds. The van der Waals surface area contributed by atoms with Crippen molar-refractivity contribution in [1.82, 2.24) is 4.90 Å². The molecule has 1 heterocycles. The summed E-state index contributed by atoms with van der Waals surface area (Å²) in [4.78, 5) is 12.7. The summed E-state index contributed by atoms with van der Waals surface area (Å²) in [5.41, 5.74) is 1.03. The smallest absolute Gasteiger partial charge is 0.210 e. The number of rotatable bonds is 2. The maximum Gasteiger partial charge on any atom is 0.210 e. The molecule has 1 aromatic carbocycles. The van der Waals surface area contributed by atoms with E-state index in [0.717, 1.165) is 37.8 Å². The summed E-state index contributed by atoms with van der Waals surface area (Å²) in [6.45, 7) is 0.811. The third-order valence-electron chi connectivity index (χ3n) is 2.93. The fraction of sp³-hybridized carbons (Fsp3) is 0.417. The second-order valence-electron chi connectivity index (χ2n) is 3.91. The zero-order valence-electron chi connectivity index (χ0n) is 8.53. The third-order valence-corrected chi connectivity index (χ3v) is 2.93. The Labute approximate surface area is 88.7 Å². The highest BCUT2D eigenvalue weighted by Crippen LogP contribution is 2.29. The Kier molecular flexibility index (Phi) is 2.99. The standard InChI is InChI=1S/C12H14FNO/c13-11-6-4-10(5-7-11)12-3-1-2-8-14(12)9-15/h4-7,9,12H,1-3,8H2/t12-/m0/s1. The van der Waals surface area contributed by atoms with Gasteiger partial charge in [-0.3, -0.25) is 4.79 Å². The summed E-state index contributed by atoms with van der Waals surface area (Å²) in [5.74, 6) is -0.229. The van der Waals surface area contributed by atoms with Crippen LogP contribution < -0.4 is 0 Å². The van der Waals surface area contributed by atoms with Crippen LogP contribution >= 0.6 is 0 Å². The maximum absolute atomic E-state index is 12.7. The molecule has 1 saturated heterocycles. The van der Waals surface area contributed by atoms with Crippen LogP contribution in [0, 0.1) is 5.82 Å². The lowest BCUT2D eigenvalue weighted by atomic mass is 9.96. The second-order valence-corrected chi connectivity index (χ2v) is 3.91. The van der Waals surface area contributed by atoms with Gasteiger partial charge in [0.15, 0.2) is 0 Å². The van der Waals surface area contributed by atoms with Crippen molar-refractivity contribution in [3.05, 3.63) is 35.6 Å². The van der Waals surface area contributed by atoms with Crippen molar-refractivity contribution in [2.75, 3.05) is 6.54 Å². The molecular formula is C12H14FNO. The Morgan fingerprint density at radius 3 is 2.67 bits per heavy atom. The number of nitrogens with zero attached hydrogens (tertiary/aromatic N) is 1. The van der Waals surface area contributed by atoms with Gasteiger partial charge in [0, 0.05) is 6.54 Å². The minimum Gasteiger partial charge on any atom is -0.338 e. The van der Waals surface area contributed by atoms with Gasteiger partial charge in [0.2, 0.25) is 6.41 Å². The van der Waals surface area contributed by atoms with Gasteiger partial charge in [-0.2, -0.15) is 0 Å². The Morgan fingerprint density at radius 1 is 1.27 bits per heavy atom. The van der Waals surface area contributed by atoms with E-state index in [1.807, 2.05) is 0 Å². The summed E-state index contributed by atoms with van der Waals surface area (Å²) in [7, 11) is 0. The quantitative estimate of drug-likeness (QED) is 0.682. The second kappa shape index (κ2) is 4.43. The van der Waals surface area contributed by atoms with Crippen LogP contribution in [-0.2, 0) is 4.79 Å². The molecule has 80 valence electrons. The number of likely N-dealkylation sites (tertiary alicyclic amines) is 1. The van der Waals surface area contributed by atoms with E-state index in [9.17, 15) is 9.18 Å². The van der Waals surface area contributed by atoms with Gasteiger partial charge in [0.25, 0.3) is 0 Å². The Balaban J connectivity index is 2.20. The Hall–Kier alpha value is -1.38. The fourth-order valence-electron chi connectivity index (χ4n) is 2.12. The van der Waals surface area contributed by atoms with Crippen molar-refractivity contribution in [2.24, 2.45) is 0 Å². The molecule has 1 atom stereocenters. The van der Waals surface area contributed by atoms with E-state index >= 15 is 0 Å². The van der Waals surface area contributed by atoms with Crippen molar-refractivity contribution in [3.8, 4) is 0 Å². The van der Waals surface area contributed by atoms with Crippen molar-refractivity contribution in [2.45, 2.75) is 25.3 Å². The molecule has 2 nitrogen and oxygen atoms in total. The molecule has 0 aliphatic carbocycles. The topological polar surface area (TPSA) is 20.3 Å². The molecule has 15 heavy (non-hydrogen) atoms. The number of carbonyl (C=O) groups excluding carboxylic acids is 1. The number of benzene rings is 1. The van der Waals surface area contributed by atoms with Crippen LogP contribution in [0.3, 0.4) is 0 Å². The maximum atomic E-state index is 12.7. The van der Waals surface area contributed by atoms with Crippen molar-refractivity contribution in [1.29, 1.82) is 0 Å². The van der Waals surface area contributed by atoms with Crippen molar-refractivity contribution < 1.29 is 9.18 Å². The van der Waals surface area contributed by atoms with E-state index in [1.54, 1.807) is 17.0 Å². The van der Waals surface area contributed by atoms with E-state index in [-0.39, 0.29) is 11.9 Å². The van der Waals surface area contributed by atoms with Gasteiger partial charge in [0.05, 0.1) is 6.04 Å². The van der Waals surface area contributed by atoms with Crippen LogP contribution in [0.5, 0.6) is 0 Å². The molecule has 0 spiro atoms. The molecule has 2 rings (SSSR count). The van der Waals surface area contributed by atoms with Crippen LogP contribution in [-0.4, -0.2) is 17.9 Å². The molecule has 1 aliphatic heterocycles. The Morgan fingerprint density at radius 2 is 2.00 bits per heavy atom. The van der Waals surface area contributed by atoms with Crippen molar-refractivity contribution in [3.63, 3.8) is 0 Å². The summed E-state index contributed by atoms with van der Waals surface area (Å²) < 4.78 is 12.7. The largest absolute Gasteiger partial charge is 0.338 e. The predicted octanol–water partition coefficient (Wildman–Crippen LogP) is 2.51. The molecule has 0 saturated carbocycles. The predicted molar refractivity (Wildman–Crippen MR) is 55.8 cm³/mol. The first-order chi connectivity index (χ1) is 7.31. The van der Waals surface area contributed by atoms with Gasteiger partial charge in [-0.1, -0.05) is 12.1 Å². The molecule has 0 radical (unpaired) electrons. The molecule has 0 N–H and O–H groups in total. The molecule has 1 aliphatic rings. The van der Waals surface area contributed by atoms with Crippen LogP contribution in [0.25, 0.3) is 0 Å². The highest BCUT2D eigenvalue weighted by atomic mass is 19.1. The number of piperidine rings is 1. The molecule has 1 aromatic rings. The minimum atomic E-state index is -0.229. The number of carbonyl (C=O) groups is 1. The first kappa shape index (κ1) is 10.1. The van der Waals surface area contributed by atoms with E-state index in [1.165, 1.54) is 12.1 Å². The zero-order valence-corrected chi connectivity index (χ0v) is 8.53. The van der Waals surface area contributed by atoms with E-state index in [4.69, 9.17) is 0 Å². The van der Waals surface area contributed by atoms with Gasteiger partial charge in [-0.25, -0.2) is 4.39 Å². The van der Waals surface area contributed by atoms with Gasteiger partial charge in [0.1, 0.15) is 5.82 Å². The van der Waals surface area contributed by atoms with Crippen LogP contribution in [0.1, 0.15) is 30.9 Å². The van der Waals surface area contributed by atoms with Crippen LogP contribution in [0.15, 0.2) is 24.3 Å². The molecular weight excluding hydrogens is 193 g/mol. The number of hydrogen-bond donors (Lipinski definition) is 0. The van der Waals surface area contributed by atoms with Crippen LogP contribution in [0.4, 0.5) is 4.39 Å². The molecule has 0 aromatic heterocycles. The first-order valence-corrected chi connectivity index (χ1v) is 5.28. The number of hydrogen-bond acceptors (Lipinski definition) is 1. The van der Waals surface area contributed by atoms with Gasteiger partial charge in [-0.05, 0) is 37.0 Å². The summed E-state index contributed by atoms with van der Waals surface area (Å²) in [6, 6.07) is 6.57. The van der Waals surface area contributed by atoms with Gasteiger partial charge in [-0.15, -0.1) is 0 Å². The van der Waals surface area contributed by atoms with Gasteiger partial charge >= 0.3 is 0 Å². The molecule has 0 unspecified atom stereocenters. The normalized spacial score (nSPS) is 21.4. The summed E-state index contributed by atoms with van der Waals surface area (Å²) in [5, 5.41) is 0. The molecule has 0 bridgehead atoms. The first-order valence-electron chi connectivity index (χ1n) is 5.28. The highest BCUT2D eigenvalue weighted by Gasteiger charge is 2.22. The lowest BCUT2D eigenvalue weighted by Crippen LogP contribution is -2.32. The average molecular weight is 207 g/mol. The average Bonchev–Trinajstić information content (AvgIpc) is 2.30. The summed E-state index contributed by atoms with van der Waals surface area (Å²) >= 11 is 0. The SMILES string of the molecule is O=CN1CCCC[C@H]1c1ccc(F)cc1.